The van der Waals surface area contributed by atoms with Crippen LogP contribution in [0, 0.1) is 0 Å². The lowest BCUT2D eigenvalue weighted by Gasteiger charge is -2.10. The summed E-state index contributed by atoms with van der Waals surface area (Å²) in [6.45, 7) is 1.46. The van der Waals surface area contributed by atoms with Gasteiger partial charge in [0.1, 0.15) is 6.10 Å². The van der Waals surface area contributed by atoms with Gasteiger partial charge in [0, 0.05) is 25.8 Å². The van der Waals surface area contributed by atoms with E-state index in [2.05, 4.69) is 10.6 Å². The van der Waals surface area contributed by atoms with E-state index in [0.29, 0.717) is 19.7 Å². The molecule has 0 saturated carbocycles. The lowest BCUT2D eigenvalue weighted by molar-refractivity contribution is -0.130. The van der Waals surface area contributed by atoms with Crippen molar-refractivity contribution >= 4 is 17.9 Å². The van der Waals surface area contributed by atoms with E-state index in [0.717, 1.165) is 18.4 Å². The highest BCUT2D eigenvalue weighted by atomic mass is 16.5. The van der Waals surface area contributed by atoms with Crippen LogP contribution < -0.4 is 10.6 Å². The molecule has 1 aromatic rings. The van der Waals surface area contributed by atoms with E-state index in [1.54, 1.807) is 6.08 Å². The fourth-order valence-corrected chi connectivity index (χ4v) is 2.06. The monoisotopic (exact) mass is 288 g/mol. The first kappa shape index (κ1) is 15.3. The maximum Gasteiger partial charge on any atom is 0.249 e. The largest absolute Gasteiger partial charge is 0.368 e. The second kappa shape index (κ2) is 8.21. The quantitative estimate of drug-likeness (QED) is 0.609. The summed E-state index contributed by atoms with van der Waals surface area (Å²) in [6.07, 6.45) is 4.62. The van der Waals surface area contributed by atoms with Crippen molar-refractivity contribution in [3.05, 3.63) is 42.0 Å². The van der Waals surface area contributed by atoms with E-state index in [9.17, 15) is 9.59 Å². The molecule has 1 unspecified atom stereocenters. The molecule has 1 aliphatic heterocycles. The van der Waals surface area contributed by atoms with Gasteiger partial charge in [-0.25, -0.2) is 0 Å². The van der Waals surface area contributed by atoms with Gasteiger partial charge in [0.15, 0.2) is 0 Å². The Morgan fingerprint density at radius 3 is 2.67 bits per heavy atom. The van der Waals surface area contributed by atoms with Crippen molar-refractivity contribution in [2.24, 2.45) is 0 Å². The van der Waals surface area contributed by atoms with Crippen molar-refractivity contribution in [3.63, 3.8) is 0 Å². The molecule has 5 nitrogen and oxygen atoms in total. The Morgan fingerprint density at radius 1 is 1.19 bits per heavy atom. The smallest absolute Gasteiger partial charge is 0.249 e. The Hall–Kier alpha value is -2.14. The Labute approximate surface area is 124 Å². The zero-order valence-corrected chi connectivity index (χ0v) is 11.9. The van der Waals surface area contributed by atoms with E-state index < -0.39 is 0 Å². The van der Waals surface area contributed by atoms with Gasteiger partial charge in [0.25, 0.3) is 0 Å². The minimum absolute atomic E-state index is 0.0958. The normalized spacial score (nSPS) is 17.8. The lowest BCUT2D eigenvalue weighted by atomic mass is 10.2. The molecule has 0 aromatic heterocycles. The van der Waals surface area contributed by atoms with Crippen LogP contribution in [-0.2, 0) is 14.3 Å². The number of hydrogen-bond donors (Lipinski definition) is 2. The molecule has 1 saturated heterocycles. The number of carbonyl (C=O) groups is 2. The zero-order chi connectivity index (χ0) is 14.9. The van der Waals surface area contributed by atoms with Crippen LogP contribution in [-0.4, -0.2) is 37.6 Å². The third kappa shape index (κ3) is 5.39. The van der Waals surface area contributed by atoms with Crippen LogP contribution >= 0.6 is 0 Å². The standard InChI is InChI=1S/C16H20N2O3/c19-15(9-8-13-5-2-1-3-6-13)17-10-11-18-16(20)14-7-4-12-21-14/h1-3,5-6,8-9,14H,4,7,10-12H2,(H,17,19)(H,18,20)/b9-8+. The molecule has 2 N–H and O–H groups in total. The van der Waals surface area contributed by atoms with Gasteiger partial charge in [-0.3, -0.25) is 9.59 Å². The Bertz CT molecular complexity index is 494. The summed E-state index contributed by atoms with van der Waals surface area (Å²) in [5.74, 6) is -0.271. The zero-order valence-electron chi connectivity index (χ0n) is 11.9. The van der Waals surface area contributed by atoms with Gasteiger partial charge in [-0.05, 0) is 24.5 Å². The molecule has 1 atom stereocenters. The first-order chi connectivity index (χ1) is 10.3. The van der Waals surface area contributed by atoms with E-state index in [4.69, 9.17) is 4.74 Å². The third-order valence-corrected chi connectivity index (χ3v) is 3.17. The number of nitrogens with one attached hydrogen (secondary N) is 2. The van der Waals surface area contributed by atoms with E-state index in [1.807, 2.05) is 30.3 Å². The summed E-state index contributed by atoms with van der Waals surface area (Å²) >= 11 is 0. The maximum absolute atomic E-state index is 11.6. The Morgan fingerprint density at radius 2 is 1.95 bits per heavy atom. The molecule has 1 aliphatic rings. The highest BCUT2D eigenvalue weighted by Crippen LogP contribution is 2.11. The van der Waals surface area contributed by atoms with Gasteiger partial charge in [0.2, 0.25) is 11.8 Å². The number of ether oxygens (including phenoxy) is 1. The van der Waals surface area contributed by atoms with Crippen molar-refractivity contribution in [3.8, 4) is 0 Å². The van der Waals surface area contributed by atoms with Gasteiger partial charge in [0.05, 0.1) is 0 Å². The SMILES string of the molecule is O=C(/C=C/c1ccccc1)NCCNC(=O)C1CCCO1. The Balaban J connectivity index is 1.61. The average molecular weight is 288 g/mol. The minimum Gasteiger partial charge on any atom is -0.368 e. The second-order valence-electron chi connectivity index (χ2n) is 4.83. The molecule has 1 aromatic carbocycles. The molecule has 0 radical (unpaired) electrons. The molecule has 0 bridgehead atoms. The molecule has 21 heavy (non-hydrogen) atoms. The van der Waals surface area contributed by atoms with E-state index >= 15 is 0 Å². The van der Waals surface area contributed by atoms with E-state index in [1.165, 1.54) is 6.08 Å². The fourth-order valence-electron chi connectivity index (χ4n) is 2.06. The lowest BCUT2D eigenvalue weighted by Crippen LogP contribution is -2.39. The van der Waals surface area contributed by atoms with Crippen molar-refractivity contribution in [2.45, 2.75) is 18.9 Å². The van der Waals surface area contributed by atoms with Crippen molar-refractivity contribution in [2.75, 3.05) is 19.7 Å². The summed E-state index contributed by atoms with van der Waals surface area (Å²) in [6, 6.07) is 9.60. The molecule has 0 aliphatic carbocycles. The predicted molar refractivity (Wildman–Crippen MR) is 80.5 cm³/mol. The third-order valence-electron chi connectivity index (χ3n) is 3.17. The van der Waals surface area contributed by atoms with Crippen molar-refractivity contribution < 1.29 is 14.3 Å². The number of amides is 2. The second-order valence-corrected chi connectivity index (χ2v) is 4.83. The molecule has 0 spiro atoms. The first-order valence-electron chi connectivity index (χ1n) is 7.16. The molecular formula is C16H20N2O3. The van der Waals surface area contributed by atoms with Crippen LogP contribution in [0.25, 0.3) is 6.08 Å². The van der Waals surface area contributed by atoms with Crippen molar-refractivity contribution in [1.82, 2.24) is 10.6 Å². The summed E-state index contributed by atoms with van der Waals surface area (Å²) < 4.78 is 5.27. The average Bonchev–Trinajstić information content (AvgIpc) is 3.05. The van der Waals surface area contributed by atoms with Gasteiger partial charge < -0.3 is 15.4 Å². The van der Waals surface area contributed by atoms with Crippen LogP contribution in [0.4, 0.5) is 0 Å². The summed E-state index contributed by atoms with van der Waals surface area (Å²) in [5, 5.41) is 5.47. The van der Waals surface area contributed by atoms with Crippen LogP contribution in [0.1, 0.15) is 18.4 Å². The number of hydrogen-bond acceptors (Lipinski definition) is 3. The minimum atomic E-state index is -0.321. The van der Waals surface area contributed by atoms with Gasteiger partial charge in [-0.15, -0.1) is 0 Å². The molecule has 2 amide bonds. The predicted octanol–water partition coefficient (Wildman–Crippen LogP) is 1.11. The molecule has 2 rings (SSSR count). The summed E-state index contributed by atoms with van der Waals surface area (Å²) in [4.78, 5) is 23.2. The molecule has 1 fully saturated rings. The molecule has 5 heteroatoms. The maximum atomic E-state index is 11.6. The molecule has 112 valence electrons. The molecular weight excluding hydrogens is 268 g/mol. The van der Waals surface area contributed by atoms with Crippen LogP contribution in [0.2, 0.25) is 0 Å². The molecule has 1 heterocycles. The van der Waals surface area contributed by atoms with Crippen LogP contribution in [0.5, 0.6) is 0 Å². The highest BCUT2D eigenvalue weighted by molar-refractivity contribution is 5.91. The van der Waals surface area contributed by atoms with E-state index in [-0.39, 0.29) is 17.9 Å². The van der Waals surface area contributed by atoms with Gasteiger partial charge >= 0.3 is 0 Å². The highest BCUT2D eigenvalue weighted by Gasteiger charge is 2.22. The van der Waals surface area contributed by atoms with Gasteiger partial charge in [-0.1, -0.05) is 30.3 Å². The summed E-state index contributed by atoms with van der Waals surface area (Å²) in [7, 11) is 0. The fraction of sp³-hybridized carbons (Fsp3) is 0.375. The first-order valence-corrected chi connectivity index (χ1v) is 7.16. The topological polar surface area (TPSA) is 67.4 Å². The number of benzene rings is 1. The van der Waals surface area contributed by atoms with Gasteiger partial charge in [-0.2, -0.15) is 0 Å². The summed E-state index contributed by atoms with van der Waals surface area (Å²) in [5.41, 5.74) is 0.972. The number of rotatable bonds is 6. The van der Waals surface area contributed by atoms with Crippen LogP contribution in [0.3, 0.4) is 0 Å². The van der Waals surface area contributed by atoms with Crippen molar-refractivity contribution in [1.29, 1.82) is 0 Å². The van der Waals surface area contributed by atoms with Crippen LogP contribution in [0.15, 0.2) is 36.4 Å². The number of carbonyl (C=O) groups excluding carboxylic acids is 2. The Kier molecular flexibility index (Phi) is 5.97.